The third-order valence-electron chi connectivity index (χ3n) is 2.55. The molecular weight excluding hydrogens is 298 g/mol. The van der Waals surface area contributed by atoms with Gasteiger partial charge in [-0.15, -0.1) is 11.3 Å². The summed E-state index contributed by atoms with van der Waals surface area (Å²) in [6, 6.07) is 5.69. The summed E-state index contributed by atoms with van der Waals surface area (Å²) in [4.78, 5) is 16.5. The molecule has 1 aromatic carbocycles. The van der Waals surface area contributed by atoms with Crippen LogP contribution in [0.4, 0.5) is 0 Å². The number of carbonyl (C=O) groups is 1. The molecule has 4 heteroatoms. The van der Waals surface area contributed by atoms with Crippen LogP contribution < -0.4 is 0 Å². The van der Waals surface area contributed by atoms with Gasteiger partial charge >= 0.3 is 0 Å². The average Bonchev–Trinajstić information content (AvgIpc) is 2.68. The molecule has 0 saturated heterocycles. The Morgan fingerprint density at radius 1 is 1.41 bits per heavy atom. The first-order chi connectivity index (χ1) is 8.08. The maximum absolute atomic E-state index is 12.1. The Morgan fingerprint density at radius 2 is 2.18 bits per heavy atom. The van der Waals surface area contributed by atoms with E-state index in [1.807, 2.05) is 37.4 Å². The zero-order chi connectivity index (χ0) is 12.4. The number of hydrogen-bond donors (Lipinski definition) is 0. The topological polar surface area (TPSA) is 30.0 Å². The Bertz CT molecular complexity index is 562. The molecule has 0 bridgehead atoms. The van der Waals surface area contributed by atoms with Crippen LogP contribution in [0, 0.1) is 13.8 Å². The molecule has 0 aliphatic carbocycles. The van der Waals surface area contributed by atoms with Gasteiger partial charge in [0.15, 0.2) is 5.78 Å². The van der Waals surface area contributed by atoms with Crippen LogP contribution in [-0.4, -0.2) is 10.8 Å². The highest BCUT2D eigenvalue weighted by Gasteiger charge is 2.13. The van der Waals surface area contributed by atoms with Crippen molar-refractivity contribution in [3.8, 4) is 0 Å². The molecule has 88 valence electrons. The van der Waals surface area contributed by atoms with Crippen LogP contribution in [0.1, 0.15) is 26.6 Å². The Morgan fingerprint density at radius 3 is 2.82 bits per heavy atom. The first kappa shape index (κ1) is 12.5. The van der Waals surface area contributed by atoms with Gasteiger partial charge in [-0.05, 0) is 25.5 Å². The maximum Gasteiger partial charge on any atom is 0.169 e. The van der Waals surface area contributed by atoms with Crippen molar-refractivity contribution in [1.82, 2.24) is 4.98 Å². The minimum absolute atomic E-state index is 0.123. The lowest BCUT2D eigenvalue weighted by molar-refractivity contribution is 0.0992. The lowest BCUT2D eigenvalue weighted by Gasteiger charge is -2.05. The van der Waals surface area contributed by atoms with Gasteiger partial charge in [-0.3, -0.25) is 4.79 Å². The number of ketones is 1. The van der Waals surface area contributed by atoms with Gasteiger partial charge in [0.2, 0.25) is 0 Å². The third-order valence-corrected chi connectivity index (χ3v) is 4.37. The number of aryl methyl sites for hydroxylation is 1. The summed E-state index contributed by atoms with van der Waals surface area (Å²) < 4.78 is 0.971. The molecule has 1 heterocycles. The summed E-state index contributed by atoms with van der Waals surface area (Å²) in [5, 5.41) is 2.85. The van der Waals surface area contributed by atoms with Crippen LogP contribution in [0.2, 0.25) is 0 Å². The van der Waals surface area contributed by atoms with Crippen molar-refractivity contribution in [1.29, 1.82) is 0 Å². The zero-order valence-electron chi connectivity index (χ0n) is 9.66. The summed E-state index contributed by atoms with van der Waals surface area (Å²) in [6.07, 6.45) is 0.385. The van der Waals surface area contributed by atoms with Crippen molar-refractivity contribution in [2.75, 3.05) is 0 Å². The third kappa shape index (κ3) is 2.82. The van der Waals surface area contributed by atoms with E-state index in [2.05, 4.69) is 20.9 Å². The fraction of sp³-hybridized carbons (Fsp3) is 0.231. The van der Waals surface area contributed by atoms with Crippen molar-refractivity contribution in [3.63, 3.8) is 0 Å². The van der Waals surface area contributed by atoms with E-state index in [-0.39, 0.29) is 5.78 Å². The number of rotatable bonds is 3. The summed E-state index contributed by atoms with van der Waals surface area (Å²) in [5.74, 6) is 0.123. The Balaban J connectivity index is 2.23. The van der Waals surface area contributed by atoms with Crippen LogP contribution >= 0.6 is 27.3 Å². The molecule has 0 unspecified atom stereocenters. The normalized spacial score (nSPS) is 10.5. The van der Waals surface area contributed by atoms with Crippen LogP contribution in [0.25, 0.3) is 0 Å². The van der Waals surface area contributed by atoms with Gasteiger partial charge in [-0.2, -0.15) is 0 Å². The molecule has 17 heavy (non-hydrogen) atoms. The molecule has 2 rings (SSSR count). The van der Waals surface area contributed by atoms with Crippen molar-refractivity contribution in [3.05, 3.63) is 49.9 Å². The molecule has 0 N–H and O–H groups in total. The Kier molecular flexibility index (Phi) is 3.74. The van der Waals surface area contributed by atoms with Crippen molar-refractivity contribution >= 4 is 33.0 Å². The second-order valence-electron chi connectivity index (χ2n) is 3.89. The molecule has 1 aromatic heterocycles. The summed E-state index contributed by atoms with van der Waals surface area (Å²) >= 11 is 4.98. The van der Waals surface area contributed by atoms with Gasteiger partial charge in [0, 0.05) is 21.1 Å². The lowest BCUT2D eigenvalue weighted by Crippen LogP contribution is -2.05. The molecule has 2 aromatic rings. The molecule has 0 spiro atoms. The second-order valence-corrected chi connectivity index (χ2v) is 5.69. The van der Waals surface area contributed by atoms with E-state index >= 15 is 0 Å². The van der Waals surface area contributed by atoms with E-state index in [0.717, 1.165) is 26.3 Å². The summed E-state index contributed by atoms with van der Waals surface area (Å²) in [5.41, 5.74) is 2.74. The quantitative estimate of drug-likeness (QED) is 0.804. The van der Waals surface area contributed by atoms with Gasteiger partial charge < -0.3 is 0 Å². The highest BCUT2D eigenvalue weighted by atomic mass is 79.9. The van der Waals surface area contributed by atoms with Crippen LogP contribution in [0.3, 0.4) is 0 Å². The van der Waals surface area contributed by atoms with Gasteiger partial charge in [0.05, 0.1) is 6.42 Å². The largest absolute Gasteiger partial charge is 0.294 e. The molecular formula is C13H12BrNOS. The van der Waals surface area contributed by atoms with Gasteiger partial charge in [0.25, 0.3) is 0 Å². The first-order valence-corrected chi connectivity index (χ1v) is 6.94. The van der Waals surface area contributed by atoms with Crippen molar-refractivity contribution in [2.24, 2.45) is 0 Å². The number of aromatic nitrogens is 1. The van der Waals surface area contributed by atoms with E-state index in [4.69, 9.17) is 0 Å². The van der Waals surface area contributed by atoms with E-state index in [1.165, 1.54) is 11.3 Å². The van der Waals surface area contributed by atoms with Crippen LogP contribution in [0.15, 0.2) is 28.1 Å². The predicted molar refractivity (Wildman–Crippen MR) is 73.8 cm³/mol. The molecule has 0 radical (unpaired) electrons. The number of nitrogens with zero attached hydrogens (tertiary/aromatic N) is 1. The standard InChI is InChI=1S/C13H12BrNOS/c1-8-7-17-13(15-8)6-12(16)10-4-3-5-11(14)9(10)2/h3-5,7H,6H2,1-2H3. The zero-order valence-corrected chi connectivity index (χ0v) is 12.1. The van der Waals surface area contributed by atoms with E-state index in [0.29, 0.717) is 6.42 Å². The number of carbonyl (C=O) groups excluding carboxylic acids is 1. The molecule has 0 atom stereocenters. The number of halogens is 1. The van der Waals surface area contributed by atoms with Gasteiger partial charge in [-0.1, -0.05) is 28.1 Å². The average molecular weight is 310 g/mol. The number of benzene rings is 1. The number of hydrogen-bond acceptors (Lipinski definition) is 3. The van der Waals surface area contributed by atoms with E-state index in [9.17, 15) is 4.79 Å². The second kappa shape index (κ2) is 5.10. The van der Waals surface area contributed by atoms with Gasteiger partial charge in [0.1, 0.15) is 5.01 Å². The van der Waals surface area contributed by atoms with E-state index in [1.54, 1.807) is 0 Å². The Labute approximate surface area is 113 Å². The van der Waals surface area contributed by atoms with E-state index < -0.39 is 0 Å². The minimum Gasteiger partial charge on any atom is -0.294 e. The van der Waals surface area contributed by atoms with Gasteiger partial charge in [-0.25, -0.2) is 4.98 Å². The lowest BCUT2D eigenvalue weighted by atomic mass is 10.0. The number of thiazole rings is 1. The molecule has 0 aliphatic heterocycles. The van der Waals surface area contributed by atoms with Crippen molar-refractivity contribution < 1.29 is 4.79 Å². The monoisotopic (exact) mass is 309 g/mol. The minimum atomic E-state index is 0.123. The van der Waals surface area contributed by atoms with Crippen molar-refractivity contribution in [2.45, 2.75) is 20.3 Å². The maximum atomic E-state index is 12.1. The fourth-order valence-corrected chi connectivity index (χ4v) is 2.76. The molecule has 0 aliphatic rings. The highest BCUT2D eigenvalue weighted by molar-refractivity contribution is 9.10. The number of Topliss-reactive ketones (excluding diaryl/α,β-unsaturated/α-hetero) is 1. The molecule has 2 nitrogen and oxygen atoms in total. The van der Waals surface area contributed by atoms with Crippen LogP contribution in [-0.2, 0) is 6.42 Å². The molecule has 0 fully saturated rings. The highest BCUT2D eigenvalue weighted by Crippen LogP contribution is 2.21. The summed E-state index contributed by atoms with van der Waals surface area (Å²) in [7, 11) is 0. The van der Waals surface area contributed by atoms with Crippen LogP contribution in [0.5, 0.6) is 0 Å². The molecule has 0 saturated carbocycles. The SMILES string of the molecule is Cc1csc(CC(=O)c2cccc(Br)c2C)n1. The Hall–Kier alpha value is -1.00. The predicted octanol–water partition coefficient (Wildman–Crippen LogP) is 3.95. The first-order valence-electron chi connectivity index (χ1n) is 5.27. The smallest absolute Gasteiger partial charge is 0.169 e. The summed E-state index contributed by atoms with van der Waals surface area (Å²) in [6.45, 7) is 3.89. The fourth-order valence-electron chi connectivity index (χ4n) is 1.63. The molecule has 0 amide bonds.